The first-order valence-electron chi connectivity index (χ1n) is 10.4. The molecular formula is C23H31N3O3S. The van der Waals surface area contributed by atoms with Crippen molar-refractivity contribution in [2.24, 2.45) is 5.92 Å². The minimum atomic E-state index is -3.72. The topological polar surface area (TPSA) is 78.5 Å². The molecule has 1 fully saturated rings. The van der Waals surface area contributed by atoms with E-state index in [-0.39, 0.29) is 10.8 Å². The fourth-order valence-electron chi connectivity index (χ4n) is 3.69. The second-order valence-corrected chi connectivity index (χ2v) is 9.85. The molecule has 2 aromatic carbocycles. The first-order chi connectivity index (χ1) is 14.3. The van der Waals surface area contributed by atoms with Crippen molar-refractivity contribution in [1.82, 2.24) is 10.2 Å². The molecule has 0 spiro atoms. The van der Waals surface area contributed by atoms with Gasteiger partial charge >= 0.3 is 0 Å². The molecule has 0 aliphatic carbocycles. The monoisotopic (exact) mass is 429 g/mol. The number of hydrogen-bond acceptors (Lipinski definition) is 4. The van der Waals surface area contributed by atoms with Crippen LogP contribution < -0.4 is 10.0 Å². The molecule has 0 atom stereocenters. The predicted molar refractivity (Wildman–Crippen MR) is 120 cm³/mol. The van der Waals surface area contributed by atoms with E-state index in [1.54, 1.807) is 18.2 Å². The maximum atomic E-state index is 12.7. The molecule has 0 bridgehead atoms. The summed E-state index contributed by atoms with van der Waals surface area (Å²) < 4.78 is 28.0. The lowest BCUT2D eigenvalue weighted by atomic mass is 9.94. The Labute approximate surface area is 179 Å². The van der Waals surface area contributed by atoms with E-state index in [2.05, 4.69) is 22.0 Å². The Morgan fingerprint density at radius 3 is 2.40 bits per heavy atom. The van der Waals surface area contributed by atoms with Crippen LogP contribution in [0.2, 0.25) is 0 Å². The number of piperidine rings is 1. The first kappa shape index (κ1) is 22.3. The molecule has 162 valence electrons. The number of anilines is 1. The van der Waals surface area contributed by atoms with Crippen LogP contribution in [-0.2, 0) is 10.0 Å². The molecule has 1 aliphatic heterocycles. The van der Waals surface area contributed by atoms with E-state index in [1.165, 1.54) is 25.0 Å². The first-order valence-corrected chi connectivity index (χ1v) is 11.9. The van der Waals surface area contributed by atoms with Crippen molar-refractivity contribution in [2.75, 3.05) is 31.4 Å². The van der Waals surface area contributed by atoms with Crippen molar-refractivity contribution in [3.05, 3.63) is 59.2 Å². The van der Waals surface area contributed by atoms with Crippen LogP contribution >= 0.6 is 0 Å². The molecule has 0 unspecified atom stereocenters. The van der Waals surface area contributed by atoms with Gasteiger partial charge in [-0.25, -0.2) is 8.42 Å². The molecule has 2 N–H and O–H groups in total. The van der Waals surface area contributed by atoms with E-state index in [4.69, 9.17) is 0 Å². The van der Waals surface area contributed by atoms with Gasteiger partial charge in [-0.1, -0.05) is 12.1 Å². The average molecular weight is 430 g/mol. The molecule has 3 rings (SSSR count). The van der Waals surface area contributed by atoms with Gasteiger partial charge < -0.3 is 10.2 Å². The second kappa shape index (κ2) is 9.62. The van der Waals surface area contributed by atoms with E-state index in [0.29, 0.717) is 23.7 Å². The van der Waals surface area contributed by atoms with Crippen LogP contribution in [-0.4, -0.2) is 45.9 Å². The quantitative estimate of drug-likeness (QED) is 0.705. The zero-order valence-corrected chi connectivity index (χ0v) is 18.8. The Bertz CT molecular complexity index is 979. The number of benzene rings is 2. The van der Waals surface area contributed by atoms with Gasteiger partial charge in [0.2, 0.25) is 0 Å². The van der Waals surface area contributed by atoms with Crippen LogP contribution in [0.25, 0.3) is 0 Å². The van der Waals surface area contributed by atoms with Crippen LogP contribution in [0.3, 0.4) is 0 Å². The number of nitrogens with one attached hydrogen (secondary N) is 2. The van der Waals surface area contributed by atoms with Crippen molar-refractivity contribution in [2.45, 2.75) is 38.0 Å². The summed E-state index contributed by atoms with van der Waals surface area (Å²) >= 11 is 0. The van der Waals surface area contributed by atoms with Crippen molar-refractivity contribution in [3.63, 3.8) is 0 Å². The molecule has 7 heteroatoms. The highest BCUT2D eigenvalue weighted by atomic mass is 32.2. The summed E-state index contributed by atoms with van der Waals surface area (Å²) in [4.78, 5) is 14.9. The summed E-state index contributed by atoms with van der Waals surface area (Å²) in [6.07, 6.45) is 3.32. The summed E-state index contributed by atoms with van der Waals surface area (Å²) in [6.45, 7) is 6.69. The van der Waals surface area contributed by atoms with Crippen molar-refractivity contribution >= 4 is 21.6 Å². The molecule has 30 heavy (non-hydrogen) atoms. The van der Waals surface area contributed by atoms with Gasteiger partial charge in [-0.2, -0.15) is 0 Å². The summed E-state index contributed by atoms with van der Waals surface area (Å²) in [7, 11) is -1.58. The third-order valence-corrected chi connectivity index (χ3v) is 7.33. The Morgan fingerprint density at radius 1 is 1.07 bits per heavy atom. The van der Waals surface area contributed by atoms with Crippen LogP contribution in [0.5, 0.6) is 0 Å². The fourth-order valence-corrected chi connectivity index (χ4v) is 4.82. The second-order valence-electron chi connectivity index (χ2n) is 8.17. The van der Waals surface area contributed by atoms with E-state index < -0.39 is 10.0 Å². The van der Waals surface area contributed by atoms with Gasteiger partial charge in [0.15, 0.2) is 0 Å². The molecule has 1 aliphatic rings. The molecular weight excluding hydrogens is 398 g/mol. The highest BCUT2D eigenvalue weighted by Crippen LogP contribution is 2.22. The van der Waals surface area contributed by atoms with Gasteiger partial charge in [0, 0.05) is 12.1 Å². The fraction of sp³-hybridized carbons (Fsp3) is 0.435. The summed E-state index contributed by atoms with van der Waals surface area (Å²) in [5, 5.41) is 2.95. The van der Waals surface area contributed by atoms with Gasteiger partial charge in [0.1, 0.15) is 0 Å². The lowest BCUT2D eigenvalue weighted by Crippen LogP contribution is -2.32. The van der Waals surface area contributed by atoms with Gasteiger partial charge in [-0.3, -0.25) is 9.52 Å². The zero-order chi connectivity index (χ0) is 21.7. The average Bonchev–Trinajstić information content (AvgIpc) is 2.73. The van der Waals surface area contributed by atoms with Gasteiger partial charge in [-0.15, -0.1) is 0 Å². The number of amides is 1. The van der Waals surface area contributed by atoms with E-state index >= 15 is 0 Å². The van der Waals surface area contributed by atoms with Crippen LogP contribution in [0.15, 0.2) is 47.4 Å². The molecule has 1 amide bonds. The normalized spacial score (nSPS) is 15.7. The van der Waals surface area contributed by atoms with Gasteiger partial charge in [0.25, 0.3) is 15.9 Å². The lowest BCUT2D eigenvalue weighted by Gasteiger charge is -2.28. The van der Waals surface area contributed by atoms with Crippen molar-refractivity contribution in [3.8, 4) is 0 Å². The number of nitrogens with zero attached hydrogens (tertiary/aromatic N) is 1. The van der Waals surface area contributed by atoms with Crippen molar-refractivity contribution < 1.29 is 13.2 Å². The zero-order valence-electron chi connectivity index (χ0n) is 17.9. The summed E-state index contributed by atoms with van der Waals surface area (Å²) in [5.41, 5.74) is 2.93. The molecule has 1 saturated heterocycles. The van der Waals surface area contributed by atoms with Crippen LogP contribution in [0.1, 0.15) is 40.7 Å². The third kappa shape index (κ3) is 5.61. The van der Waals surface area contributed by atoms with Gasteiger partial charge in [-0.05, 0) is 101 Å². The number of rotatable bonds is 7. The number of hydrogen-bond donors (Lipinski definition) is 2. The summed E-state index contributed by atoms with van der Waals surface area (Å²) in [6, 6.07) is 11.6. The molecule has 6 nitrogen and oxygen atoms in total. The van der Waals surface area contributed by atoms with E-state index in [1.807, 2.05) is 26.0 Å². The number of carbonyl (C=O) groups excluding carboxylic acids is 1. The third-order valence-electron chi connectivity index (χ3n) is 5.95. The smallest absolute Gasteiger partial charge is 0.261 e. The Morgan fingerprint density at radius 2 is 1.73 bits per heavy atom. The molecule has 0 aromatic heterocycles. The maximum Gasteiger partial charge on any atom is 0.261 e. The number of likely N-dealkylation sites (tertiary alicyclic amines) is 1. The minimum Gasteiger partial charge on any atom is -0.352 e. The highest BCUT2D eigenvalue weighted by Gasteiger charge is 2.18. The number of aryl methyl sites for hydroxylation is 1. The molecule has 1 heterocycles. The Hall–Kier alpha value is -2.38. The SMILES string of the molecule is Cc1cccc(NS(=O)(=O)c2ccc(C(=O)NCCC3CCN(C)CC3)cc2)c1C. The molecule has 2 aromatic rings. The van der Waals surface area contributed by atoms with Crippen LogP contribution in [0, 0.1) is 19.8 Å². The standard InChI is InChI=1S/C23H31N3O3S/c1-17-5-4-6-22(18(17)2)25-30(28,29)21-9-7-20(8-10-21)23(27)24-14-11-19-12-15-26(3)16-13-19/h4-10,19,25H,11-16H2,1-3H3,(H,24,27). The summed E-state index contributed by atoms with van der Waals surface area (Å²) in [5.74, 6) is 0.486. The largest absolute Gasteiger partial charge is 0.352 e. The maximum absolute atomic E-state index is 12.7. The van der Waals surface area contributed by atoms with Gasteiger partial charge in [0.05, 0.1) is 10.6 Å². The Kier molecular flexibility index (Phi) is 7.15. The number of sulfonamides is 1. The van der Waals surface area contributed by atoms with Crippen molar-refractivity contribution in [1.29, 1.82) is 0 Å². The molecule has 0 radical (unpaired) electrons. The molecule has 0 saturated carbocycles. The number of carbonyl (C=O) groups is 1. The van der Waals surface area contributed by atoms with E-state index in [9.17, 15) is 13.2 Å². The predicted octanol–water partition coefficient (Wildman–Crippen LogP) is 3.57. The minimum absolute atomic E-state index is 0.131. The van der Waals surface area contributed by atoms with Crippen LogP contribution in [0.4, 0.5) is 5.69 Å². The van der Waals surface area contributed by atoms with E-state index in [0.717, 1.165) is 30.6 Å². The Balaban J connectivity index is 1.57. The lowest BCUT2D eigenvalue weighted by molar-refractivity contribution is 0.0949. The highest BCUT2D eigenvalue weighted by molar-refractivity contribution is 7.92.